The molecule has 10 heteroatoms. The molecule has 0 spiro atoms. The van der Waals surface area contributed by atoms with Crippen LogP contribution in [0.2, 0.25) is 0 Å². The molecule has 0 unspecified atom stereocenters. The van der Waals surface area contributed by atoms with Crippen molar-refractivity contribution in [1.29, 1.82) is 0 Å². The van der Waals surface area contributed by atoms with Crippen LogP contribution < -0.4 is 0 Å². The van der Waals surface area contributed by atoms with E-state index in [2.05, 4.69) is 20.2 Å². The zero-order valence-electron chi connectivity index (χ0n) is 11.4. The maximum atomic E-state index is 11.4. The molecule has 1 aromatic carbocycles. The molecule has 1 heterocycles. The number of azo groups is 1. The third kappa shape index (κ3) is 3.42. The smallest absolute Gasteiger partial charge is 0.374 e. The van der Waals surface area contributed by atoms with Crippen LogP contribution in [-0.4, -0.2) is 32.6 Å². The average Bonchev–Trinajstić information content (AvgIpc) is 2.87. The minimum atomic E-state index is -0.727. The van der Waals surface area contributed by atoms with E-state index in [9.17, 15) is 20.0 Å². The summed E-state index contributed by atoms with van der Waals surface area (Å²) in [5.41, 5.74) is 0.255. The topological polar surface area (TPSA) is 143 Å². The number of ether oxygens (including phenoxy) is 1. The lowest BCUT2D eigenvalue weighted by Gasteiger charge is -1.95. The van der Waals surface area contributed by atoms with Gasteiger partial charge >= 0.3 is 5.97 Å². The highest BCUT2D eigenvalue weighted by molar-refractivity contribution is 5.86. The minimum absolute atomic E-state index is 0.0760. The molecule has 0 bridgehead atoms. The Kier molecular flexibility index (Phi) is 4.41. The van der Waals surface area contributed by atoms with E-state index in [1.165, 1.54) is 24.3 Å². The SMILES string of the molecule is CCOC(=O)c1nc(O)c(N=Nc2ccc([N+](=O)[O-])cc2)[nH]1. The zero-order valence-corrected chi connectivity index (χ0v) is 11.4. The standard InChI is InChI=1S/C12H11N5O5/c1-2-22-12(19)10-13-9(11(18)14-10)16-15-7-3-5-8(6-4-7)17(20)21/h3-6,18H,2H2,1H3,(H,13,14). The van der Waals surface area contributed by atoms with Crippen LogP contribution >= 0.6 is 0 Å². The summed E-state index contributed by atoms with van der Waals surface area (Å²) in [6.07, 6.45) is 0. The highest BCUT2D eigenvalue weighted by Gasteiger charge is 2.16. The van der Waals surface area contributed by atoms with E-state index in [1.807, 2.05) is 0 Å². The third-order valence-corrected chi connectivity index (χ3v) is 2.46. The van der Waals surface area contributed by atoms with Gasteiger partial charge in [0.25, 0.3) is 11.6 Å². The molecule has 0 aliphatic rings. The van der Waals surface area contributed by atoms with Crippen molar-refractivity contribution in [3.8, 4) is 5.88 Å². The lowest BCUT2D eigenvalue weighted by atomic mass is 10.3. The Balaban J connectivity index is 2.16. The number of carbonyl (C=O) groups is 1. The van der Waals surface area contributed by atoms with Crippen molar-refractivity contribution >= 4 is 23.2 Å². The Hall–Kier alpha value is -3.30. The molecule has 0 saturated heterocycles. The number of rotatable bonds is 5. The van der Waals surface area contributed by atoms with E-state index in [0.717, 1.165) is 0 Å². The van der Waals surface area contributed by atoms with Crippen molar-refractivity contribution < 1.29 is 19.6 Å². The molecular weight excluding hydrogens is 294 g/mol. The second kappa shape index (κ2) is 6.43. The Morgan fingerprint density at radius 2 is 2.09 bits per heavy atom. The van der Waals surface area contributed by atoms with Crippen molar-refractivity contribution in [1.82, 2.24) is 9.97 Å². The number of nitro benzene ring substituents is 1. The first-order valence-electron chi connectivity index (χ1n) is 6.13. The van der Waals surface area contributed by atoms with Crippen LogP contribution in [-0.2, 0) is 4.74 Å². The summed E-state index contributed by atoms with van der Waals surface area (Å²) in [4.78, 5) is 27.4. The van der Waals surface area contributed by atoms with Gasteiger partial charge in [-0.3, -0.25) is 10.1 Å². The Morgan fingerprint density at radius 3 is 2.68 bits per heavy atom. The normalized spacial score (nSPS) is 10.8. The van der Waals surface area contributed by atoms with Gasteiger partial charge in [0.1, 0.15) is 0 Å². The van der Waals surface area contributed by atoms with Gasteiger partial charge in [-0.15, -0.1) is 10.2 Å². The van der Waals surface area contributed by atoms with Gasteiger partial charge in [0, 0.05) is 12.1 Å². The first-order chi connectivity index (χ1) is 10.5. The predicted octanol–water partition coefficient (Wildman–Crippen LogP) is 2.62. The number of nitrogens with one attached hydrogen (secondary N) is 1. The number of imidazole rings is 1. The van der Waals surface area contributed by atoms with Crippen LogP contribution in [0.3, 0.4) is 0 Å². The highest BCUT2D eigenvalue weighted by Crippen LogP contribution is 2.26. The maximum Gasteiger partial charge on any atom is 0.374 e. The fourth-order valence-electron chi connectivity index (χ4n) is 1.47. The molecule has 2 rings (SSSR count). The fourth-order valence-corrected chi connectivity index (χ4v) is 1.47. The van der Waals surface area contributed by atoms with Gasteiger partial charge in [0.2, 0.25) is 11.6 Å². The fraction of sp³-hybridized carbons (Fsp3) is 0.167. The van der Waals surface area contributed by atoms with Crippen LogP contribution in [0.4, 0.5) is 17.2 Å². The quantitative estimate of drug-likeness (QED) is 0.376. The van der Waals surface area contributed by atoms with Crippen LogP contribution in [0.5, 0.6) is 5.88 Å². The van der Waals surface area contributed by atoms with Gasteiger partial charge < -0.3 is 14.8 Å². The van der Waals surface area contributed by atoms with Crippen molar-refractivity contribution in [3.63, 3.8) is 0 Å². The van der Waals surface area contributed by atoms with Gasteiger partial charge in [0.05, 0.1) is 17.2 Å². The first kappa shape index (κ1) is 15.1. The van der Waals surface area contributed by atoms with E-state index in [1.54, 1.807) is 6.92 Å². The number of non-ortho nitro benzene ring substituents is 1. The van der Waals surface area contributed by atoms with Crippen molar-refractivity contribution in [2.45, 2.75) is 6.92 Å². The van der Waals surface area contributed by atoms with Gasteiger partial charge in [-0.1, -0.05) is 0 Å². The minimum Gasteiger partial charge on any atom is -0.491 e. The monoisotopic (exact) mass is 305 g/mol. The molecular formula is C12H11N5O5. The van der Waals surface area contributed by atoms with Crippen molar-refractivity contribution in [2.24, 2.45) is 10.2 Å². The van der Waals surface area contributed by atoms with E-state index in [0.29, 0.717) is 5.69 Å². The van der Waals surface area contributed by atoms with Crippen molar-refractivity contribution in [3.05, 3.63) is 40.2 Å². The summed E-state index contributed by atoms with van der Waals surface area (Å²) >= 11 is 0. The van der Waals surface area contributed by atoms with Gasteiger partial charge in [0.15, 0.2) is 0 Å². The molecule has 0 amide bonds. The van der Waals surface area contributed by atoms with E-state index in [-0.39, 0.29) is 23.9 Å². The number of aromatic amines is 1. The molecule has 0 aliphatic heterocycles. The molecule has 1 aromatic heterocycles. The van der Waals surface area contributed by atoms with Crippen LogP contribution in [0, 0.1) is 10.1 Å². The number of aromatic nitrogens is 2. The molecule has 10 nitrogen and oxygen atoms in total. The van der Waals surface area contributed by atoms with E-state index < -0.39 is 16.8 Å². The number of aromatic hydroxyl groups is 1. The van der Waals surface area contributed by atoms with E-state index >= 15 is 0 Å². The summed E-state index contributed by atoms with van der Waals surface area (Å²) in [5.74, 6) is -1.55. The Bertz CT molecular complexity index is 722. The molecule has 114 valence electrons. The summed E-state index contributed by atoms with van der Waals surface area (Å²) < 4.78 is 4.71. The largest absolute Gasteiger partial charge is 0.491 e. The second-order valence-electron chi connectivity index (χ2n) is 3.95. The number of benzene rings is 1. The molecule has 0 aliphatic carbocycles. The number of H-pyrrole nitrogens is 1. The van der Waals surface area contributed by atoms with Crippen LogP contribution in [0.15, 0.2) is 34.5 Å². The number of hydrogen-bond donors (Lipinski definition) is 2. The number of hydrogen-bond acceptors (Lipinski definition) is 8. The molecule has 22 heavy (non-hydrogen) atoms. The highest BCUT2D eigenvalue weighted by atomic mass is 16.6. The van der Waals surface area contributed by atoms with Gasteiger partial charge in [-0.2, -0.15) is 4.98 Å². The predicted molar refractivity (Wildman–Crippen MR) is 73.5 cm³/mol. The molecule has 0 radical (unpaired) electrons. The van der Waals surface area contributed by atoms with E-state index in [4.69, 9.17) is 4.74 Å². The van der Waals surface area contributed by atoms with Crippen molar-refractivity contribution in [2.75, 3.05) is 6.61 Å². The Labute approximate surface area is 123 Å². The number of carbonyl (C=O) groups excluding carboxylic acids is 1. The van der Waals surface area contributed by atoms with Crippen LogP contribution in [0.1, 0.15) is 17.5 Å². The second-order valence-corrected chi connectivity index (χ2v) is 3.95. The average molecular weight is 305 g/mol. The summed E-state index contributed by atoms with van der Waals surface area (Å²) in [6.45, 7) is 1.80. The lowest BCUT2D eigenvalue weighted by molar-refractivity contribution is -0.384. The van der Waals surface area contributed by atoms with Crippen LogP contribution in [0.25, 0.3) is 0 Å². The number of esters is 1. The van der Waals surface area contributed by atoms with Gasteiger partial charge in [-0.05, 0) is 19.1 Å². The zero-order chi connectivity index (χ0) is 16.1. The maximum absolute atomic E-state index is 11.4. The molecule has 0 fully saturated rings. The third-order valence-electron chi connectivity index (χ3n) is 2.46. The first-order valence-corrected chi connectivity index (χ1v) is 6.13. The molecule has 2 N–H and O–H groups in total. The number of nitro groups is 1. The molecule has 2 aromatic rings. The van der Waals surface area contributed by atoms with Gasteiger partial charge in [-0.25, -0.2) is 4.79 Å². The molecule has 0 saturated carbocycles. The summed E-state index contributed by atoms with van der Waals surface area (Å²) in [7, 11) is 0. The molecule has 0 atom stereocenters. The number of nitrogens with zero attached hydrogens (tertiary/aromatic N) is 4. The summed E-state index contributed by atoms with van der Waals surface area (Å²) in [6, 6.07) is 5.32. The Morgan fingerprint density at radius 1 is 1.41 bits per heavy atom. The summed E-state index contributed by atoms with van der Waals surface area (Å²) in [5, 5.41) is 27.5. The lowest BCUT2D eigenvalue weighted by Crippen LogP contribution is -2.06.